The number of rotatable bonds is 7. The highest BCUT2D eigenvalue weighted by Gasteiger charge is 2.45. The number of Topliss-reactive ketones (excluding diaryl/α,β-unsaturated/α-hetero) is 1. The summed E-state index contributed by atoms with van der Waals surface area (Å²) < 4.78 is 17.0. The number of aryl methyl sites for hydroxylation is 1. The average Bonchev–Trinajstić information content (AvgIpc) is 3.39. The molecule has 0 fully saturated rings. The van der Waals surface area contributed by atoms with Crippen LogP contribution < -0.4 is 0 Å². The molecule has 1 aromatic carbocycles. The number of nitrogens with zero attached hydrogens (tertiary/aromatic N) is 1. The van der Waals surface area contributed by atoms with Crippen LogP contribution in [-0.2, 0) is 9.53 Å². The fraction of sp³-hybridized carbons (Fsp3) is 0.304. The molecule has 0 radical (unpaired) electrons. The maximum atomic E-state index is 13.4. The molecule has 1 N–H and O–H groups in total. The first kappa shape index (κ1) is 21.2. The number of aliphatic hydroxyl groups excluding tert-OH is 1. The summed E-state index contributed by atoms with van der Waals surface area (Å²) in [7, 11) is 0. The van der Waals surface area contributed by atoms with Gasteiger partial charge in [-0.15, -0.1) is 0 Å². The smallest absolute Gasteiger partial charge is 0.290 e. The Bertz CT molecular complexity index is 1190. The molecule has 7 nitrogen and oxygen atoms in total. The van der Waals surface area contributed by atoms with Crippen LogP contribution in [0.15, 0.2) is 56.6 Å². The van der Waals surface area contributed by atoms with Crippen molar-refractivity contribution in [3.05, 3.63) is 70.0 Å². The summed E-state index contributed by atoms with van der Waals surface area (Å²) in [5, 5.41) is 11.8. The van der Waals surface area contributed by atoms with E-state index < -0.39 is 23.5 Å². The van der Waals surface area contributed by atoms with E-state index in [4.69, 9.17) is 25.2 Å². The van der Waals surface area contributed by atoms with Gasteiger partial charge in [-0.05, 0) is 57.2 Å². The van der Waals surface area contributed by atoms with Gasteiger partial charge in [-0.3, -0.25) is 9.59 Å². The van der Waals surface area contributed by atoms with E-state index in [1.165, 1.54) is 4.90 Å². The Hall–Kier alpha value is -3.03. The minimum Gasteiger partial charge on any atom is -0.503 e. The second-order valence-corrected chi connectivity index (χ2v) is 8.09. The topological polar surface area (TPSA) is 93.1 Å². The summed E-state index contributed by atoms with van der Waals surface area (Å²) in [5.41, 5.74) is 0.388. The molecular formula is C23H22ClNO6. The lowest BCUT2D eigenvalue weighted by Crippen LogP contribution is -2.34. The maximum absolute atomic E-state index is 13.4. The van der Waals surface area contributed by atoms with Crippen molar-refractivity contribution in [3.63, 3.8) is 0 Å². The molecule has 31 heavy (non-hydrogen) atoms. The maximum Gasteiger partial charge on any atom is 0.290 e. The lowest BCUT2D eigenvalue weighted by Gasteiger charge is -2.25. The van der Waals surface area contributed by atoms with Crippen LogP contribution in [0.1, 0.15) is 42.0 Å². The van der Waals surface area contributed by atoms with Crippen LogP contribution in [0.3, 0.4) is 0 Å². The molecule has 0 aliphatic carbocycles. The van der Waals surface area contributed by atoms with Gasteiger partial charge < -0.3 is 23.6 Å². The highest BCUT2D eigenvalue weighted by molar-refractivity contribution is 6.31. The number of ether oxygens (including phenoxy) is 1. The normalized spacial score (nSPS) is 16.9. The van der Waals surface area contributed by atoms with Crippen LogP contribution in [0.2, 0.25) is 5.02 Å². The fourth-order valence-electron chi connectivity index (χ4n) is 3.66. The second-order valence-electron chi connectivity index (χ2n) is 7.65. The number of aliphatic hydroxyl groups is 1. The summed E-state index contributed by atoms with van der Waals surface area (Å²) in [6.45, 7) is 5.96. The van der Waals surface area contributed by atoms with E-state index in [1.807, 2.05) is 13.8 Å². The van der Waals surface area contributed by atoms with Gasteiger partial charge in [0.25, 0.3) is 5.91 Å². The van der Waals surface area contributed by atoms with E-state index in [-0.39, 0.29) is 30.6 Å². The van der Waals surface area contributed by atoms with Crippen molar-refractivity contribution in [2.24, 2.45) is 0 Å². The van der Waals surface area contributed by atoms with Gasteiger partial charge in [-0.25, -0.2) is 0 Å². The average molecular weight is 444 g/mol. The first-order valence-corrected chi connectivity index (χ1v) is 10.3. The first-order chi connectivity index (χ1) is 14.8. The largest absolute Gasteiger partial charge is 0.503 e. The number of carbonyl (C=O) groups excluding carboxylic acids is 2. The minimum absolute atomic E-state index is 0.000162. The summed E-state index contributed by atoms with van der Waals surface area (Å²) in [6.07, 6.45) is -0.0213. The van der Waals surface area contributed by atoms with Gasteiger partial charge in [0.05, 0.1) is 18.3 Å². The van der Waals surface area contributed by atoms with Crippen molar-refractivity contribution in [2.75, 3.05) is 13.2 Å². The van der Waals surface area contributed by atoms with E-state index in [9.17, 15) is 14.7 Å². The molecule has 1 aliphatic rings. The molecular weight excluding hydrogens is 422 g/mol. The van der Waals surface area contributed by atoms with Crippen molar-refractivity contribution >= 4 is 34.3 Å². The molecule has 0 saturated carbocycles. The van der Waals surface area contributed by atoms with Gasteiger partial charge in [0.2, 0.25) is 5.78 Å². The van der Waals surface area contributed by atoms with E-state index >= 15 is 0 Å². The van der Waals surface area contributed by atoms with E-state index in [0.29, 0.717) is 27.5 Å². The highest BCUT2D eigenvalue weighted by Crippen LogP contribution is 2.40. The third-order valence-corrected chi connectivity index (χ3v) is 5.30. The Balaban J connectivity index is 1.73. The zero-order valence-electron chi connectivity index (χ0n) is 17.3. The van der Waals surface area contributed by atoms with Crippen LogP contribution in [0.5, 0.6) is 0 Å². The van der Waals surface area contributed by atoms with Crippen LogP contribution >= 0.6 is 11.6 Å². The van der Waals surface area contributed by atoms with E-state index in [0.717, 1.165) is 0 Å². The van der Waals surface area contributed by atoms with Crippen LogP contribution in [0.4, 0.5) is 0 Å². The first-order valence-electron chi connectivity index (χ1n) is 9.92. The molecule has 3 aromatic rings. The van der Waals surface area contributed by atoms with Gasteiger partial charge >= 0.3 is 0 Å². The number of fused-ring (bicyclic) bond motifs is 1. The highest BCUT2D eigenvalue weighted by atomic mass is 35.5. The molecule has 1 unspecified atom stereocenters. The second kappa shape index (κ2) is 8.24. The number of hydrogen-bond acceptors (Lipinski definition) is 6. The van der Waals surface area contributed by atoms with Crippen molar-refractivity contribution in [2.45, 2.75) is 32.9 Å². The number of carbonyl (C=O) groups is 2. The Morgan fingerprint density at radius 2 is 2.00 bits per heavy atom. The lowest BCUT2D eigenvalue weighted by atomic mass is 9.99. The van der Waals surface area contributed by atoms with Gasteiger partial charge in [0.1, 0.15) is 23.1 Å². The third-order valence-electron chi connectivity index (χ3n) is 5.06. The van der Waals surface area contributed by atoms with Crippen molar-refractivity contribution < 1.29 is 28.3 Å². The summed E-state index contributed by atoms with van der Waals surface area (Å²) in [6, 6.07) is 9.07. The van der Waals surface area contributed by atoms with E-state index in [1.54, 1.807) is 43.3 Å². The number of benzene rings is 1. The molecule has 0 bridgehead atoms. The molecule has 8 heteroatoms. The fourth-order valence-corrected chi connectivity index (χ4v) is 3.84. The summed E-state index contributed by atoms with van der Waals surface area (Å²) in [4.78, 5) is 27.6. The van der Waals surface area contributed by atoms with Gasteiger partial charge in [0, 0.05) is 17.0 Å². The van der Waals surface area contributed by atoms with Gasteiger partial charge in [-0.1, -0.05) is 11.6 Å². The van der Waals surface area contributed by atoms with Crippen molar-refractivity contribution in [1.29, 1.82) is 0 Å². The molecule has 4 rings (SSSR count). The zero-order chi connectivity index (χ0) is 22.3. The molecule has 1 atom stereocenters. The Morgan fingerprint density at radius 3 is 2.68 bits per heavy atom. The Morgan fingerprint density at radius 1 is 1.23 bits per heavy atom. The quantitative estimate of drug-likeness (QED) is 0.517. The number of hydrogen-bond donors (Lipinski definition) is 1. The van der Waals surface area contributed by atoms with Crippen LogP contribution in [-0.4, -0.2) is 41.0 Å². The minimum atomic E-state index is -0.888. The molecule has 2 aromatic heterocycles. The lowest BCUT2D eigenvalue weighted by molar-refractivity contribution is -0.130. The monoisotopic (exact) mass is 443 g/mol. The molecule has 162 valence electrons. The summed E-state index contributed by atoms with van der Waals surface area (Å²) >= 11 is 6.02. The molecule has 1 amide bonds. The Labute approximate surface area is 183 Å². The van der Waals surface area contributed by atoms with Gasteiger partial charge in [-0.2, -0.15) is 0 Å². The van der Waals surface area contributed by atoms with E-state index in [2.05, 4.69) is 0 Å². The van der Waals surface area contributed by atoms with Crippen molar-refractivity contribution in [1.82, 2.24) is 4.90 Å². The number of halogens is 1. The summed E-state index contributed by atoms with van der Waals surface area (Å²) in [5.74, 6) is -0.870. The van der Waals surface area contributed by atoms with Crippen molar-refractivity contribution in [3.8, 4) is 0 Å². The predicted octanol–water partition coefficient (Wildman–Crippen LogP) is 4.99. The zero-order valence-corrected chi connectivity index (χ0v) is 18.1. The number of furan rings is 2. The molecule has 1 aliphatic heterocycles. The SMILES string of the molecule is Cc1ccc(C2C(C(=O)c3cc4cc(Cl)ccc4o3)=C(O)C(=O)N2CCOC(C)C)o1. The standard InChI is InChI=1S/C23H22ClNO6/c1-12(2)29-9-8-25-20(17-6-4-13(3)30-17)19(22(27)23(25)28)21(26)18-11-14-10-15(24)5-7-16(14)31-18/h4-7,10-12,20,27H,8-9H2,1-3H3. The van der Waals surface area contributed by atoms with Gasteiger partial charge in [0.15, 0.2) is 11.5 Å². The Kier molecular flexibility index (Phi) is 5.64. The number of amides is 1. The van der Waals surface area contributed by atoms with Crippen LogP contribution in [0.25, 0.3) is 11.0 Å². The predicted molar refractivity (Wildman–Crippen MR) is 114 cm³/mol. The third kappa shape index (κ3) is 3.98. The molecule has 0 saturated heterocycles. The molecule has 3 heterocycles. The number of ketones is 1. The van der Waals surface area contributed by atoms with Crippen LogP contribution in [0, 0.1) is 6.92 Å². The molecule has 0 spiro atoms.